The molecule has 0 radical (unpaired) electrons. The molecule has 1 saturated heterocycles. The van der Waals surface area contributed by atoms with Gasteiger partial charge in [-0.25, -0.2) is 4.98 Å². The standard InChI is InChI=1S/C21H24N4O3/c1-16(26)28-24-21(27)10-8-17-7-9-20(22-13-17)23-19-11-12-25(15-19)14-18-5-3-2-4-6-18/h2-10,13,19H,11-12,14-15H2,1H3,(H,22,23)(H,24,27)/b10-8+/t19-/m1/s1. The number of aromatic nitrogens is 1. The second-order valence-electron chi connectivity index (χ2n) is 6.72. The van der Waals surface area contributed by atoms with Gasteiger partial charge in [-0.2, -0.15) is 5.48 Å². The normalized spacial score (nSPS) is 16.8. The highest BCUT2D eigenvalue weighted by Gasteiger charge is 2.22. The van der Waals surface area contributed by atoms with Crippen LogP contribution in [0.4, 0.5) is 5.82 Å². The number of carbonyl (C=O) groups is 2. The Hall–Kier alpha value is -3.19. The fourth-order valence-corrected chi connectivity index (χ4v) is 3.06. The average Bonchev–Trinajstić information content (AvgIpc) is 3.13. The van der Waals surface area contributed by atoms with E-state index in [2.05, 4.69) is 44.3 Å². The van der Waals surface area contributed by atoms with Gasteiger partial charge in [0.1, 0.15) is 5.82 Å². The Morgan fingerprint density at radius 2 is 2.07 bits per heavy atom. The minimum absolute atomic E-state index is 0.368. The number of hydroxylamine groups is 1. The van der Waals surface area contributed by atoms with Crippen LogP contribution >= 0.6 is 0 Å². The smallest absolute Gasteiger partial charge is 0.329 e. The number of anilines is 1. The van der Waals surface area contributed by atoms with Crippen LogP contribution in [-0.4, -0.2) is 40.9 Å². The molecule has 2 N–H and O–H groups in total. The van der Waals surface area contributed by atoms with Gasteiger partial charge in [-0.15, -0.1) is 0 Å². The number of nitrogens with one attached hydrogen (secondary N) is 2. The van der Waals surface area contributed by atoms with Gasteiger partial charge >= 0.3 is 5.97 Å². The van der Waals surface area contributed by atoms with Crippen molar-refractivity contribution in [2.45, 2.75) is 25.9 Å². The van der Waals surface area contributed by atoms with Crippen LogP contribution < -0.4 is 10.8 Å². The zero-order chi connectivity index (χ0) is 19.8. The molecule has 0 aliphatic carbocycles. The highest BCUT2D eigenvalue weighted by Crippen LogP contribution is 2.17. The van der Waals surface area contributed by atoms with Crippen LogP contribution in [0.1, 0.15) is 24.5 Å². The van der Waals surface area contributed by atoms with Crippen LogP contribution in [0.3, 0.4) is 0 Å². The van der Waals surface area contributed by atoms with Crippen molar-refractivity contribution in [2.24, 2.45) is 0 Å². The summed E-state index contributed by atoms with van der Waals surface area (Å²) >= 11 is 0. The van der Waals surface area contributed by atoms with Crippen molar-refractivity contribution in [3.63, 3.8) is 0 Å². The van der Waals surface area contributed by atoms with Crippen LogP contribution in [0.15, 0.2) is 54.7 Å². The highest BCUT2D eigenvalue weighted by molar-refractivity contribution is 5.91. The van der Waals surface area contributed by atoms with Gasteiger partial charge in [0.25, 0.3) is 5.91 Å². The molecule has 2 heterocycles. The fraction of sp³-hybridized carbons (Fsp3) is 0.286. The number of amides is 1. The number of rotatable bonds is 6. The summed E-state index contributed by atoms with van der Waals surface area (Å²) in [4.78, 5) is 33.4. The third-order valence-electron chi connectivity index (χ3n) is 4.38. The molecule has 1 aromatic carbocycles. The number of carbonyl (C=O) groups excluding carboxylic acids is 2. The number of nitrogens with zero attached hydrogens (tertiary/aromatic N) is 2. The quantitative estimate of drug-likeness (QED) is 0.591. The van der Waals surface area contributed by atoms with Crippen LogP contribution in [0.25, 0.3) is 6.08 Å². The first kappa shape index (κ1) is 19.6. The monoisotopic (exact) mass is 380 g/mol. The lowest BCUT2D eigenvalue weighted by molar-refractivity contribution is -0.154. The highest BCUT2D eigenvalue weighted by atomic mass is 16.7. The van der Waals surface area contributed by atoms with Crippen LogP contribution in [0.5, 0.6) is 0 Å². The molecule has 1 aromatic heterocycles. The molecule has 2 aromatic rings. The molecule has 0 bridgehead atoms. The van der Waals surface area contributed by atoms with E-state index >= 15 is 0 Å². The maximum Gasteiger partial charge on any atom is 0.329 e. The molecule has 1 amide bonds. The molecule has 7 nitrogen and oxygen atoms in total. The van der Waals surface area contributed by atoms with Gasteiger partial charge in [-0.05, 0) is 35.8 Å². The summed E-state index contributed by atoms with van der Waals surface area (Å²) in [7, 11) is 0. The fourth-order valence-electron chi connectivity index (χ4n) is 3.06. The summed E-state index contributed by atoms with van der Waals surface area (Å²) in [5.41, 5.74) is 4.13. The molecule has 0 unspecified atom stereocenters. The lowest BCUT2D eigenvalue weighted by atomic mass is 10.2. The van der Waals surface area contributed by atoms with Crippen molar-refractivity contribution >= 4 is 23.8 Å². The second-order valence-corrected chi connectivity index (χ2v) is 6.72. The van der Waals surface area contributed by atoms with E-state index in [0.717, 1.165) is 37.4 Å². The van der Waals surface area contributed by atoms with E-state index in [0.29, 0.717) is 6.04 Å². The van der Waals surface area contributed by atoms with E-state index in [1.54, 1.807) is 12.3 Å². The average molecular weight is 380 g/mol. The van der Waals surface area contributed by atoms with Gasteiger partial charge in [0.05, 0.1) is 0 Å². The Bertz CT molecular complexity index is 821. The van der Waals surface area contributed by atoms with Crippen LogP contribution in [0.2, 0.25) is 0 Å². The molecule has 0 saturated carbocycles. The van der Waals surface area contributed by atoms with Gasteiger partial charge in [-0.1, -0.05) is 30.3 Å². The second kappa shape index (κ2) is 9.66. The SMILES string of the molecule is CC(=O)ONC(=O)/C=C/c1ccc(N[C@@H]2CCN(Cc3ccccc3)C2)nc1. The first-order valence-electron chi connectivity index (χ1n) is 9.23. The van der Waals surface area contributed by atoms with E-state index in [-0.39, 0.29) is 0 Å². The van der Waals surface area contributed by atoms with Crippen molar-refractivity contribution < 1.29 is 14.4 Å². The van der Waals surface area contributed by atoms with Crippen molar-refractivity contribution in [1.82, 2.24) is 15.4 Å². The van der Waals surface area contributed by atoms with Gasteiger partial charge in [0.15, 0.2) is 0 Å². The number of hydrogen-bond donors (Lipinski definition) is 2. The third kappa shape index (κ3) is 6.21. The van der Waals surface area contributed by atoms with E-state index in [1.807, 2.05) is 23.7 Å². The molecule has 1 atom stereocenters. The first-order chi connectivity index (χ1) is 13.6. The zero-order valence-corrected chi connectivity index (χ0v) is 15.8. The van der Waals surface area contributed by atoms with E-state index < -0.39 is 11.9 Å². The molecule has 0 spiro atoms. The Morgan fingerprint density at radius 1 is 1.25 bits per heavy atom. The van der Waals surface area contributed by atoms with Gasteiger partial charge < -0.3 is 10.2 Å². The summed E-state index contributed by atoms with van der Waals surface area (Å²) in [6, 6.07) is 14.6. The van der Waals surface area contributed by atoms with Crippen molar-refractivity contribution in [2.75, 3.05) is 18.4 Å². The Labute approximate surface area is 164 Å². The van der Waals surface area contributed by atoms with Crippen LogP contribution in [0, 0.1) is 0 Å². The van der Waals surface area contributed by atoms with Gasteiger partial charge in [0.2, 0.25) is 0 Å². The summed E-state index contributed by atoms with van der Waals surface area (Å²) < 4.78 is 0. The molecule has 28 heavy (non-hydrogen) atoms. The Balaban J connectivity index is 1.45. The predicted molar refractivity (Wildman–Crippen MR) is 107 cm³/mol. The molecular formula is C21H24N4O3. The summed E-state index contributed by atoms with van der Waals surface area (Å²) in [5.74, 6) is -0.275. The predicted octanol–water partition coefficient (Wildman–Crippen LogP) is 2.38. The van der Waals surface area contributed by atoms with Gasteiger partial charge in [-0.3, -0.25) is 14.5 Å². The molecule has 3 rings (SSSR count). The number of pyridine rings is 1. The molecule has 1 aliphatic rings. The zero-order valence-electron chi connectivity index (χ0n) is 15.8. The van der Waals surface area contributed by atoms with E-state index in [1.165, 1.54) is 18.6 Å². The molecular weight excluding hydrogens is 356 g/mol. The van der Waals surface area contributed by atoms with E-state index in [4.69, 9.17) is 0 Å². The van der Waals surface area contributed by atoms with E-state index in [9.17, 15) is 9.59 Å². The van der Waals surface area contributed by atoms with Crippen molar-refractivity contribution in [1.29, 1.82) is 0 Å². The Kier molecular flexibility index (Phi) is 6.75. The molecule has 1 aliphatic heterocycles. The summed E-state index contributed by atoms with van der Waals surface area (Å²) in [6.07, 6.45) is 5.65. The molecule has 1 fully saturated rings. The first-order valence-corrected chi connectivity index (χ1v) is 9.23. The third-order valence-corrected chi connectivity index (χ3v) is 4.38. The minimum Gasteiger partial charge on any atom is -0.366 e. The van der Waals surface area contributed by atoms with Crippen LogP contribution in [-0.2, 0) is 21.0 Å². The topological polar surface area (TPSA) is 83.6 Å². The maximum absolute atomic E-state index is 11.5. The maximum atomic E-state index is 11.5. The molecule has 7 heteroatoms. The lowest BCUT2D eigenvalue weighted by Gasteiger charge is -2.17. The largest absolute Gasteiger partial charge is 0.366 e. The minimum atomic E-state index is -0.576. The molecule has 146 valence electrons. The number of benzene rings is 1. The Morgan fingerprint density at radius 3 is 2.79 bits per heavy atom. The number of likely N-dealkylation sites (tertiary alicyclic amines) is 1. The summed E-state index contributed by atoms with van der Waals surface area (Å²) in [6.45, 7) is 4.22. The van der Waals surface area contributed by atoms with Crippen molar-refractivity contribution in [3.05, 3.63) is 65.9 Å². The van der Waals surface area contributed by atoms with Gasteiger partial charge in [0, 0.05) is 44.9 Å². The summed E-state index contributed by atoms with van der Waals surface area (Å²) in [5, 5.41) is 3.47. The van der Waals surface area contributed by atoms with Crippen molar-refractivity contribution in [3.8, 4) is 0 Å². The number of hydrogen-bond acceptors (Lipinski definition) is 6. The lowest BCUT2D eigenvalue weighted by Crippen LogP contribution is -2.26.